The van der Waals surface area contributed by atoms with E-state index in [1.165, 1.54) is 38.2 Å². The third kappa shape index (κ3) is 2.14. The Hall–Kier alpha value is -2.32. The summed E-state index contributed by atoms with van der Waals surface area (Å²) in [6, 6.07) is 14.2. The van der Waals surface area contributed by atoms with Crippen molar-refractivity contribution in [1.29, 1.82) is 0 Å². The van der Waals surface area contributed by atoms with Gasteiger partial charge in [-0.2, -0.15) is 0 Å². The van der Waals surface area contributed by atoms with E-state index >= 15 is 0 Å². The number of rotatable bonds is 1. The molecule has 1 heterocycles. The molecule has 0 spiro atoms. The van der Waals surface area contributed by atoms with Crippen molar-refractivity contribution in [3.05, 3.63) is 88.2 Å². The molecule has 0 amide bonds. The van der Waals surface area contributed by atoms with Crippen molar-refractivity contribution >= 4 is 18.8 Å². The van der Waals surface area contributed by atoms with Crippen LogP contribution in [0, 0.1) is 6.92 Å². The molecule has 1 aliphatic heterocycles. The fourth-order valence-corrected chi connectivity index (χ4v) is 7.26. The van der Waals surface area contributed by atoms with Crippen LogP contribution in [0.1, 0.15) is 23.1 Å². The second-order valence-corrected chi connectivity index (χ2v) is 11.5. The normalized spacial score (nSPS) is 18.0. The summed E-state index contributed by atoms with van der Waals surface area (Å²) in [5.41, 5.74) is 6.45. The first-order valence-corrected chi connectivity index (χ1v) is 11.5. The van der Waals surface area contributed by atoms with E-state index in [-0.39, 0.29) is 5.75 Å². The smallest absolute Gasteiger partial charge is 0.113 e. The zero-order valence-electron chi connectivity index (χ0n) is 14.4. The fourth-order valence-electron chi connectivity index (χ4n) is 4.07. The SMILES string of the molecule is Cc1ccccc1C1=C2C=CCC=C2[Si](C)(C)c2cc([O-])ccc21. The quantitative estimate of drug-likeness (QED) is 0.718. The number of fused-ring (bicyclic) bond motifs is 2. The van der Waals surface area contributed by atoms with E-state index in [9.17, 15) is 5.11 Å². The van der Waals surface area contributed by atoms with Crippen LogP contribution in [0.25, 0.3) is 5.57 Å². The van der Waals surface area contributed by atoms with E-state index < -0.39 is 8.07 Å². The van der Waals surface area contributed by atoms with Gasteiger partial charge in [-0.15, -0.1) is 5.75 Å². The zero-order chi connectivity index (χ0) is 16.9. The van der Waals surface area contributed by atoms with Crippen molar-refractivity contribution in [2.24, 2.45) is 0 Å². The maximum Gasteiger partial charge on any atom is 0.113 e. The van der Waals surface area contributed by atoms with E-state index in [1.54, 1.807) is 6.07 Å². The van der Waals surface area contributed by atoms with Gasteiger partial charge in [-0.1, -0.05) is 79.0 Å². The van der Waals surface area contributed by atoms with Gasteiger partial charge in [0.2, 0.25) is 0 Å². The van der Waals surface area contributed by atoms with Gasteiger partial charge in [-0.3, -0.25) is 0 Å². The monoisotopic (exact) mass is 329 g/mol. The van der Waals surface area contributed by atoms with E-state index in [0.717, 1.165) is 6.42 Å². The zero-order valence-corrected chi connectivity index (χ0v) is 15.4. The molecule has 1 aliphatic carbocycles. The molecule has 0 aromatic heterocycles. The molecule has 2 heteroatoms. The van der Waals surface area contributed by atoms with Gasteiger partial charge >= 0.3 is 0 Å². The molecule has 24 heavy (non-hydrogen) atoms. The van der Waals surface area contributed by atoms with Gasteiger partial charge in [-0.25, -0.2) is 0 Å². The first-order chi connectivity index (χ1) is 11.5. The van der Waals surface area contributed by atoms with E-state index in [4.69, 9.17) is 0 Å². The van der Waals surface area contributed by atoms with Crippen molar-refractivity contribution in [1.82, 2.24) is 0 Å². The Bertz CT molecular complexity index is 929. The Labute approximate surface area is 144 Å². The average Bonchev–Trinajstić information content (AvgIpc) is 2.57. The number of benzene rings is 2. The van der Waals surface area contributed by atoms with Gasteiger partial charge in [0.15, 0.2) is 0 Å². The Balaban J connectivity index is 2.12. The summed E-state index contributed by atoms with van der Waals surface area (Å²) in [4.78, 5) is 0. The summed E-state index contributed by atoms with van der Waals surface area (Å²) in [5, 5.41) is 14.8. The highest BCUT2D eigenvalue weighted by Gasteiger charge is 2.38. The van der Waals surface area contributed by atoms with Crippen molar-refractivity contribution in [2.45, 2.75) is 26.4 Å². The first-order valence-electron chi connectivity index (χ1n) is 8.50. The largest absolute Gasteiger partial charge is 0.872 e. The highest BCUT2D eigenvalue weighted by atomic mass is 28.3. The van der Waals surface area contributed by atoms with E-state index in [0.29, 0.717) is 0 Å². The van der Waals surface area contributed by atoms with Gasteiger partial charge in [0.25, 0.3) is 0 Å². The molecule has 120 valence electrons. The molecule has 0 saturated heterocycles. The van der Waals surface area contributed by atoms with Crippen LogP contribution in [-0.4, -0.2) is 8.07 Å². The maximum absolute atomic E-state index is 12.1. The highest BCUT2D eigenvalue weighted by Crippen LogP contribution is 2.42. The number of allylic oxidation sites excluding steroid dienone is 5. The maximum atomic E-state index is 12.1. The van der Waals surface area contributed by atoms with E-state index in [1.807, 2.05) is 12.1 Å². The van der Waals surface area contributed by atoms with Crippen LogP contribution in [-0.2, 0) is 0 Å². The van der Waals surface area contributed by atoms with Crippen LogP contribution >= 0.6 is 0 Å². The third-order valence-electron chi connectivity index (χ3n) is 5.32. The Morgan fingerprint density at radius 1 is 1.00 bits per heavy atom. The van der Waals surface area contributed by atoms with Crippen molar-refractivity contribution in [2.75, 3.05) is 0 Å². The molecule has 0 saturated carbocycles. The molecule has 0 bridgehead atoms. The minimum Gasteiger partial charge on any atom is -0.872 e. The molecule has 1 nitrogen and oxygen atoms in total. The van der Waals surface area contributed by atoms with Crippen LogP contribution in [0.2, 0.25) is 13.1 Å². The average molecular weight is 329 g/mol. The predicted octanol–water partition coefficient (Wildman–Crippen LogP) is 4.23. The van der Waals surface area contributed by atoms with Gasteiger partial charge in [0.1, 0.15) is 8.07 Å². The number of hydrogen-bond acceptors (Lipinski definition) is 1. The van der Waals surface area contributed by atoms with Gasteiger partial charge in [0, 0.05) is 0 Å². The summed E-state index contributed by atoms with van der Waals surface area (Å²) in [6.45, 7) is 6.90. The van der Waals surface area contributed by atoms with Gasteiger partial charge in [-0.05, 0) is 46.4 Å². The summed E-state index contributed by atoms with van der Waals surface area (Å²) >= 11 is 0. The number of aryl methyl sites for hydroxylation is 1. The van der Waals surface area contributed by atoms with Crippen molar-refractivity contribution in [3.8, 4) is 5.75 Å². The standard InChI is InChI=1S/C22H22OSi/c1-15-8-4-5-9-17(15)22-18-10-6-7-11-20(18)24(2,3)21-14-16(23)12-13-19(21)22/h4-6,8-14,23H,7H2,1-3H3/p-1. The lowest BCUT2D eigenvalue weighted by molar-refractivity contribution is -0.268. The second-order valence-electron chi connectivity index (χ2n) is 7.19. The first kappa shape index (κ1) is 15.2. The summed E-state index contributed by atoms with van der Waals surface area (Å²) in [7, 11) is -1.84. The van der Waals surface area contributed by atoms with Crippen LogP contribution < -0.4 is 10.3 Å². The summed E-state index contributed by atoms with van der Waals surface area (Å²) in [6.07, 6.45) is 7.90. The van der Waals surface area contributed by atoms with Crippen LogP contribution in [0.3, 0.4) is 0 Å². The van der Waals surface area contributed by atoms with Crippen LogP contribution in [0.5, 0.6) is 5.75 Å². The molecule has 0 atom stereocenters. The lowest BCUT2D eigenvalue weighted by atomic mass is 9.88. The summed E-state index contributed by atoms with van der Waals surface area (Å²) < 4.78 is 0. The molecular formula is C22H21OSi-. The molecule has 2 aliphatic rings. The highest BCUT2D eigenvalue weighted by molar-refractivity contribution is 6.97. The lowest BCUT2D eigenvalue weighted by Gasteiger charge is -2.38. The summed E-state index contributed by atoms with van der Waals surface area (Å²) in [5.74, 6) is 0.119. The topological polar surface area (TPSA) is 23.1 Å². The minimum absolute atomic E-state index is 0.119. The van der Waals surface area contributed by atoms with Crippen molar-refractivity contribution in [3.63, 3.8) is 0 Å². The molecular weight excluding hydrogens is 308 g/mol. The molecule has 0 N–H and O–H groups in total. The Morgan fingerprint density at radius 3 is 2.58 bits per heavy atom. The van der Waals surface area contributed by atoms with Gasteiger partial charge < -0.3 is 5.11 Å². The van der Waals surface area contributed by atoms with Crippen LogP contribution in [0.4, 0.5) is 0 Å². The Morgan fingerprint density at radius 2 is 1.79 bits per heavy atom. The second kappa shape index (κ2) is 5.35. The van der Waals surface area contributed by atoms with E-state index in [2.05, 4.69) is 62.5 Å². The van der Waals surface area contributed by atoms with Crippen LogP contribution in [0.15, 0.2) is 71.5 Å². The molecule has 0 unspecified atom stereocenters. The number of hydrogen-bond donors (Lipinski definition) is 0. The van der Waals surface area contributed by atoms with Gasteiger partial charge in [0.05, 0.1) is 0 Å². The molecule has 4 rings (SSSR count). The fraction of sp³-hybridized carbons (Fsp3) is 0.182. The molecule has 0 radical (unpaired) electrons. The molecule has 2 aromatic rings. The molecule has 2 aromatic carbocycles. The predicted molar refractivity (Wildman–Crippen MR) is 102 cm³/mol. The van der Waals surface area contributed by atoms with Crippen molar-refractivity contribution < 1.29 is 5.11 Å². The lowest BCUT2D eigenvalue weighted by Crippen LogP contribution is -2.49. The molecule has 0 fully saturated rings. The third-order valence-corrected chi connectivity index (χ3v) is 8.90. The minimum atomic E-state index is -1.84. The Kier molecular flexibility index (Phi) is 3.39.